The summed E-state index contributed by atoms with van der Waals surface area (Å²) in [5, 5.41) is 19.2. The summed E-state index contributed by atoms with van der Waals surface area (Å²) in [6.45, 7) is 0. The van der Waals surface area contributed by atoms with Crippen molar-refractivity contribution < 1.29 is 14.5 Å². The molecule has 0 spiro atoms. The summed E-state index contributed by atoms with van der Waals surface area (Å²) in [5.41, 5.74) is -0.00225. The van der Waals surface area contributed by atoms with Crippen molar-refractivity contribution in [3.8, 4) is 5.75 Å². The first-order chi connectivity index (χ1) is 9.11. The van der Waals surface area contributed by atoms with Crippen molar-refractivity contribution in [1.82, 2.24) is 15.2 Å². The molecule has 2 aromatic rings. The molecular weight excluding hydrogens is 254 g/mol. The Labute approximate surface area is 106 Å². The van der Waals surface area contributed by atoms with Crippen LogP contribution < -0.4 is 10.1 Å². The van der Waals surface area contributed by atoms with Gasteiger partial charge in [0.2, 0.25) is 5.95 Å². The zero-order chi connectivity index (χ0) is 13.8. The van der Waals surface area contributed by atoms with Crippen LogP contribution in [0, 0.1) is 10.1 Å². The molecule has 2 rings (SSSR count). The number of methoxy groups -OCH3 is 1. The Balaban J connectivity index is 2.25. The van der Waals surface area contributed by atoms with Gasteiger partial charge >= 0.3 is 5.69 Å². The fraction of sp³-hybridized carbons (Fsp3) is 0.100. The minimum atomic E-state index is -0.586. The normalized spacial score (nSPS) is 9.95. The number of carbonyl (C=O) groups is 1. The molecule has 0 unspecified atom stereocenters. The number of nitro benzene ring substituents is 1. The number of rotatable bonds is 4. The number of nitro groups is 1. The van der Waals surface area contributed by atoms with Gasteiger partial charge in [0.25, 0.3) is 5.91 Å². The van der Waals surface area contributed by atoms with Gasteiger partial charge in [0.05, 0.1) is 12.0 Å². The van der Waals surface area contributed by atoms with Crippen molar-refractivity contribution in [1.29, 1.82) is 0 Å². The van der Waals surface area contributed by atoms with Gasteiger partial charge in [-0.15, -0.1) is 0 Å². The van der Waals surface area contributed by atoms with E-state index in [0.717, 1.165) is 0 Å². The molecule has 9 nitrogen and oxygen atoms in total. The van der Waals surface area contributed by atoms with Crippen LogP contribution in [0.1, 0.15) is 10.4 Å². The van der Waals surface area contributed by atoms with Crippen molar-refractivity contribution in [2.24, 2.45) is 0 Å². The molecule has 1 amide bonds. The molecule has 0 aliphatic rings. The van der Waals surface area contributed by atoms with E-state index in [-0.39, 0.29) is 22.9 Å². The van der Waals surface area contributed by atoms with Crippen molar-refractivity contribution in [2.45, 2.75) is 0 Å². The zero-order valence-electron chi connectivity index (χ0n) is 9.78. The molecule has 0 atom stereocenters. The summed E-state index contributed by atoms with van der Waals surface area (Å²) in [6.07, 6.45) is 1.24. The number of benzene rings is 1. The van der Waals surface area contributed by atoms with E-state index in [1.54, 1.807) is 0 Å². The van der Waals surface area contributed by atoms with Crippen molar-refractivity contribution in [3.63, 3.8) is 0 Å². The number of hydrogen-bond donors (Lipinski definition) is 2. The number of amides is 1. The van der Waals surface area contributed by atoms with E-state index in [2.05, 4.69) is 20.5 Å². The van der Waals surface area contributed by atoms with Crippen LogP contribution in [0.3, 0.4) is 0 Å². The maximum absolute atomic E-state index is 11.8. The molecular formula is C10H9N5O4. The van der Waals surface area contributed by atoms with Gasteiger partial charge in [-0.25, -0.2) is 5.10 Å². The van der Waals surface area contributed by atoms with E-state index in [0.29, 0.717) is 0 Å². The number of carbonyl (C=O) groups excluding carboxylic acids is 1. The molecule has 9 heteroatoms. The minimum absolute atomic E-state index is 0.00946. The Bertz CT molecular complexity index is 610. The van der Waals surface area contributed by atoms with Gasteiger partial charge in [-0.1, -0.05) is 0 Å². The third kappa shape index (κ3) is 2.65. The molecule has 98 valence electrons. The highest BCUT2D eigenvalue weighted by Gasteiger charge is 2.17. The molecule has 0 bridgehead atoms. The van der Waals surface area contributed by atoms with Crippen LogP contribution in [-0.2, 0) is 0 Å². The molecule has 2 N–H and O–H groups in total. The lowest BCUT2D eigenvalue weighted by Gasteiger charge is -2.05. The molecule has 0 radical (unpaired) electrons. The summed E-state index contributed by atoms with van der Waals surface area (Å²) in [4.78, 5) is 25.7. The number of hydrogen-bond acceptors (Lipinski definition) is 6. The van der Waals surface area contributed by atoms with Crippen LogP contribution in [0.4, 0.5) is 11.6 Å². The SMILES string of the molecule is COc1cc(C(=O)Nc2ncn[nH]2)ccc1[N+](=O)[O-]. The molecule has 0 saturated heterocycles. The van der Waals surface area contributed by atoms with Crippen molar-refractivity contribution >= 4 is 17.5 Å². The number of nitrogens with one attached hydrogen (secondary N) is 2. The maximum Gasteiger partial charge on any atom is 0.310 e. The number of aromatic nitrogens is 3. The van der Waals surface area contributed by atoms with E-state index >= 15 is 0 Å². The van der Waals surface area contributed by atoms with Gasteiger partial charge in [-0.3, -0.25) is 20.2 Å². The van der Waals surface area contributed by atoms with Gasteiger partial charge in [-0.05, 0) is 6.07 Å². The van der Waals surface area contributed by atoms with Crippen LogP contribution >= 0.6 is 0 Å². The van der Waals surface area contributed by atoms with Crippen LogP contribution in [0.5, 0.6) is 5.75 Å². The number of nitrogens with zero attached hydrogens (tertiary/aromatic N) is 3. The van der Waals surface area contributed by atoms with Crippen molar-refractivity contribution in [2.75, 3.05) is 12.4 Å². The smallest absolute Gasteiger partial charge is 0.310 e. The number of ether oxygens (including phenoxy) is 1. The van der Waals surface area contributed by atoms with Gasteiger partial charge < -0.3 is 4.74 Å². The first kappa shape index (κ1) is 12.5. The predicted octanol–water partition coefficient (Wildman–Crippen LogP) is 0.974. The first-order valence-electron chi connectivity index (χ1n) is 5.11. The standard InChI is InChI=1S/C10H9N5O4/c1-19-8-4-6(2-3-7(8)15(17)18)9(16)13-10-11-5-12-14-10/h2-5H,1H3,(H2,11,12,13,14,16). The van der Waals surface area contributed by atoms with E-state index in [1.165, 1.54) is 31.6 Å². The van der Waals surface area contributed by atoms with E-state index in [4.69, 9.17) is 4.74 Å². The Kier molecular flexibility index (Phi) is 3.37. The highest BCUT2D eigenvalue weighted by atomic mass is 16.6. The third-order valence-electron chi connectivity index (χ3n) is 2.29. The number of H-pyrrole nitrogens is 1. The van der Waals surface area contributed by atoms with Crippen LogP contribution in [0.2, 0.25) is 0 Å². The quantitative estimate of drug-likeness (QED) is 0.625. The molecule has 0 saturated carbocycles. The lowest BCUT2D eigenvalue weighted by Crippen LogP contribution is -2.13. The second kappa shape index (κ2) is 5.12. The molecule has 19 heavy (non-hydrogen) atoms. The summed E-state index contributed by atoms with van der Waals surface area (Å²) in [5.74, 6) is -0.289. The first-order valence-corrected chi connectivity index (χ1v) is 5.11. The molecule has 0 aliphatic heterocycles. The second-order valence-electron chi connectivity index (χ2n) is 3.43. The topological polar surface area (TPSA) is 123 Å². The molecule has 1 aromatic heterocycles. The highest BCUT2D eigenvalue weighted by molar-refractivity contribution is 6.03. The highest BCUT2D eigenvalue weighted by Crippen LogP contribution is 2.27. The monoisotopic (exact) mass is 263 g/mol. The summed E-state index contributed by atoms with van der Waals surface area (Å²) < 4.78 is 4.88. The van der Waals surface area contributed by atoms with Crippen LogP contribution in [0.15, 0.2) is 24.5 Å². The fourth-order valence-electron chi connectivity index (χ4n) is 1.42. The van der Waals surface area contributed by atoms with Crippen LogP contribution in [0.25, 0.3) is 0 Å². The van der Waals surface area contributed by atoms with Crippen molar-refractivity contribution in [3.05, 3.63) is 40.2 Å². The van der Waals surface area contributed by atoms with E-state index in [9.17, 15) is 14.9 Å². The second-order valence-corrected chi connectivity index (χ2v) is 3.43. The van der Waals surface area contributed by atoms with E-state index in [1.807, 2.05) is 0 Å². The van der Waals surface area contributed by atoms with Gasteiger partial charge in [0.15, 0.2) is 5.75 Å². The average molecular weight is 263 g/mol. The molecule has 0 aliphatic carbocycles. The Hall–Kier alpha value is -2.97. The molecule has 0 fully saturated rings. The number of aromatic amines is 1. The zero-order valence-corrected chi connectivity index (χ0v) is 9.78. The van der Waals surface area contributed by atoms with Gasteiger partial charge in [0, 0.05) is 17.7 Å². The molecule has 1 heterocycles. The average Bonchev–Trinajstić information content (AvgIpc) is 2.90. The maximum atomic E-state index is 11.8. The minimum Gasteiger partial charge on any atom is -0.490 e. The largest absolute Gasteiger partial charge is 0.490 e. The van der Waals surface area contributed by atoms with E-state index < -0.39 is 10.8 Å². The fourth-order valence-corrected chi connectivity index (χ4v) is 1.42. The summed E-state index contributed by atoms with van der Waals surface area (Å²) in [6, 6.07) is 3.81. The Morgan fingerprint density at radius 2 is 2.32 bits per heavy atom. The van der Waals surface area contributed by atoms with Crippen LogP contribution in [-0.4, -0.2) is 33.1 Å². The lowest BCUT2D eigenvalue weighted by atomic mass is 10.2. The number of anilines is 1. The predicted molar refractivity (Wildman–Crippen MR) is 64.0 cm³/mol. The third-order valence-corrected chi connectivity index (χ3v) is 2.29. The van der Waals surface area contributed by atoms with Gasteiger partial charge in [-0.2, -0.15) is 10.1 Å². The summed E-state index contributed by atoms with van der Waals surface area (Å²) >= 11 is 0. The van der Waals surface area contributed by atoms with Gasteiger partial charge in [0.1, 0.15) is 6.33 Å². The summed E-state index contributed by atoms with van der Waals surface area (Å²) in [7, 11) is 1.29. The Morgan fingerprint density at radius 1 is 1.53 bits per heavy atom. The Morgan fingerprint density at radius 3 is 2.89 bits per heavy atom. The lowest BCUT2D eigenvalue weighted by molar-refractivity contribution is -0.385. The molecule has 1 aromatic carbocycles.